The molecule has 4 nitrogen and oxygen atoms in total. The van der Waals surface area contributed by atoms with Gasteiger partial charge in [0.2, 0.25) is 0 Å². The minimum atomic E-state index is -0.536. The number of nitriles is 1. The highest BCUT2D eigenvalue weighted by Gasteiger charge is 2.17. The Kier molecular flexibility index (Phi) is 4.15. The third-order valence-electron chi connectivity index (χ3n) is 2.12. The van der Waals surface area contributed by atoms with Crippen LogP contribution in [-0.2, 0) is 10.6 Å². The highest BCUT2D eigenvalue weighted by molar-refractivity contribution is 6.18. The molecule has 16 heavy (non-hydrogen) atoms. The fourth-order valence-corrected chi connectivity index (χ4v) is 1.59. The lowest BCUT2D eigenvalue weighted by atomic mass is 10.0. The molecule has 5 heteroatoms. The van der Waals surface area contributed by atoms with Crippen molar-refractivity contribution in [3.8, 4) is 11.8 Å². The first-order chi connectivity index (χ1) is 7.67. The molecule has 0 bridgehead atoms. The molecule has 84 valence electrons. The second-order valence-electron chi connectivity index (χ2n) is 2.94. The van der Waals surface area contributed by atoms with Gasteiger partial charge in [-0.2, -0.15) is 5.26 Å². The average Bonchev–Trinajstić information content (AvgIpc) is 2.35. The number of hydrogen-bond acceptors (Lipinski definition) is 4. The minimum absolute atomic E-state index is 0.0668. The van der Waals surface area contributed by atoms with E-state index in [1.165, 1.54) is 26.4 Å². The van der Waals surface area contributed by atoms with Gasteiger partial charge < -0.3 is 9.47 Å². The molecular formula is C11H10ClNO3. The first-order valence-corrected chi connectivity index (χ1v) is 4.96. The summed E-state index contributed by atoms with van der Waals surface area (Å²) in [5.41, 5.74) is 1.03. The minimum Gasteiger partial charge on any atom is -0.497 e. The van der Waals surface area contributed by atoms with Gasteiger partial charge in [-0.1, -0.05) is 0 Å². The zero-order valence-corrected chi connectivity index (χ0v) is 9.67. The topological polar surface area (TPSA) is 59.3 Å². The molecule has 0 fully saturated rings. The first-order valence-electron chi connectivity index (χ1n) is 4.43. The third kappa shape index (κ3) is 2.26. The second-order valence-corrected chi connectivity index (χ2v) is 3.21. The molecule has 0 aliphatic carbocycles. The van der Waals surface area contributed by atoms with E-state index in [0.717, 1.165) is 0 Å². The van der Waals surface area contributed by atoms with E-state index in [-0.39, 0.29) is 11.4 Å². The summed E-state index contributed by atoms with van der Waals surface area (Å²) in [4.78, 5) is 11.5. The van der Waals surface area contributed by atoms with E-state index < -0.39 is 5.97 Å². The fraction of sp³-hybridized carbons (Fsp3) is 0.273. The molecule has 0 saturated heterocycles. The van der Waals surface area contributed by atoms with Crippen LogP contribution in [0.5, 0.6) is 5.75 Å². The van der Waals surface area contributed by atoms with Crippen molar-refractivity contribution in [1.82, 2.24) is 0 Å². The molecule has 1 aromatic rings. The molecule has 0 aliphatic rings. The molecule has 1 aromatic carbocycles. The van der Waals surface area contributed by atoms with Crippen LogP contribution in [0, 0.1) is 11.3 Å². The van der Waals surface area contributed by atoms with Crippen molar-refractivity contribution < 1.29 is 14.3 Å². The van der Waals surface area contributed by atoms with E-state index in [0.29, 0.717) is 16.9 Å². The Hall–Kier alpha value is -1.73. The quantitative estimate of drug-likeness (QED) is 0.599. The molecular weight excluding hydrogens is 230 g/mol. The summed E-state index contributed by atoms with van der Waals surface area (Å²) in [6.45, 7) is 0. The number of benzene rings is 1. The number of halogens is 1. The summed E-state index contributed by atoms with van der Waals surface area (Å²) in [7, 11) is 2.73. The lowest BCUT2D eigenvalue weighted by Gasteiger charge is -2.09. The number of carbonyl (C=O) groups excluding carboxylic acids is 1. The SMILES string of the molecule is COC(=O)c1cc(OC)cc(C#N)c1CCl. The van der Waals surface area contributed by atoms with Crippen LogP contribution in [0.1, 0.15) is 21.5 Å². The highest BCUT2D eigenvalue weighted by atomic mass is 35.5. The molecule has 0 aliphatic heterocycles. The van der Waals surface area contributed by atoms with E-state index in [1.807, 2.05) is 6.07 Å². The Bertz CT molecular complexity index is 451. The van der Waals surface area contributed by atoms with E-state index >= 15 is 0 Å². The molecule has 0 spiro atoms. The smallest absolute Gasteiger partial charge is 0.338 e. The molecule has 1 rings (SSSR count). The predicted molar refractivity (Wildman–Crippen MR) is 58.6 cm³/mol. The lowest BCUT2D eigenvalue weighted by Crippen LogP contribution is -2.07. The van der Waals surface area contributed by atoms with Crippen LogP contribution in [-0.4, -0.2) is 20.2 Å². The molecule has 0 radical (unpaired) electrons. The van der Waals surface area contributed by atoms with Gasteiger partial charge in [-0.3, -0.25) is 0 Å². The molecule has 0 unspecified atom stereocenters. The molecule has 0 heterocycles. The number of rotatable bonds is 3. The summed E-state index contributed by atoms with van der Waals surface area (Å²) in [5.74, 6) is -0.0472. The van der Waals surface area contributed by atoms with Crippen molar-refractivity contribution in [2.24, 2.45) is 0 Å². The Morgan fingerprint density at radius 2 is 2.19 bits per heavy atom. The van der Waals surface area contributed by atoms with Gasteiger partial charge in [0.25, 0.3) is 0 Å². The predicted octanol–water partition coefficient (Wildman–Crippen LogP) is 2.09. The highest BCUT2D eigenvalue weighted by Crippen LogP contribution is 2.24. The summed E-state index contributed by atoms with van der Waals surface area (Å²) in [6.07, 6.45) is 0. The maximum absolute atomic E-state index is 11.5. The van der Waals surface area contributed by atoms with E-state index in [2.05, 4.69) is 4.74 Å². The number of esters is 1. The normalized spacial score (nSPS) is 9.38. The standard InChI is InChI=1S/C11H10ClNO3/c1-15-8-3-7(6-13)10(5-12)9(4-8)11(14)16-2/h3-4H,5H2,1-2H3. The van der Waals surface area contributed by atoms with Crippen molar-refractivity contribution in [1.29, 1.82) is 5.26 Å². The monoisotopic (exact) mass is 239 g/mol. The van der Waals surface area contributed by atoms with Crippen molar-refractivity contribution >= 4 is 17.6 Å². The van der Waals surface area contributed by atoms with Crippen LogP contribution in [0.25, 0.3) is 0 Å². The van der Waals surface area contributed by atoms with Gasteiger partial charge in [0.15, 0.2) is 0 Å². The van der Waals surface area contributed by atoms with Crippen LogP contribution in [0.4, 0.5) is 0 Å². The van der Waals surface area contributed by atoms with Gasteiger partial charge in [-0.05, 0) is 17.7 Å². The van der Waals surface area contributed by atoms with Gasteiger partial charge in [0.05, 0.1) is 31.4 Å². The van der Waals surface area contributed by atoms with Gasteiger partial charge >= 0.3 is 5.97 Å². The van der Waals surface area contributed by atoms with Crippen LogP contribution in [0.2, 0.25) is 0 Å². The Balaban J connectivity index is 3.44. The zero-order chi connectivity index (χ0) is 12.1. The van der Waals surface area contributed by atoms with E-state index in [1.54, 1.807) is 0 Å². The summed E-state index contributed by atoms with van der Waals surface area (Å²) >= 11 is 5.71. The number of carbonyl (C=O) groups is 1. The van der Waals surface area contributed by atoms with Crippen molar-refractivity contribution in [3.63, 3.8) is 0 Å². The van der Waals surface area contributed by atoms with Crippen molar-refractivity contribution in [3.05, 3.63) is 28.8 Å². The van der Waals surface area contributed by atoms with E-state index in [4.69, 9.17) is 21.6 Å². The Morgan fingerprint density at radius 1 is 1.50 bits per heavy atom. The van der Waals surface area contributed by atoms with Crippen LogP contribution < -0.4 is 4.74 Å². The number of methoxy groups -OCH3 is 2. The number of hydrogen-bond donors (Lipinski definition) is 0. The maximum atomic E-state index is 11.5. The van der Waals surface area contributed by atoms with Crippen LogP contribution >= 0.6 is 11.6 Å². The average molecular weight is 240 g/mol. The third-order valence-corrected chi connectivity index (χ3v) is 2.39. The fourth-order valence-electron chi connectivity index (χ4n) is 1.30. The number of ether oxygens (including phenoxy) is 2. The summed E-state index contributed by atoms with van der Waals surface area (Å²) < 4.78 is 9.60. The van der Waals surface area contributed by atoms with E-state index in [9.17, 15) is 4.79 Å². The van der Waals surface area contributed by atoms with Crippen LogP contribution in [0.15, 0.2) is 12.1 Å². The molecule has 0 N–H and O–H groups in total. The van der Waals surface area contributed by atoms with Gasteiger partial charge in [-0.25, -0.2) is 4.79 Å². The van der Waals surface area contributed by atoms with Gasteiger partial charge in [0, 0.05) is 5.88 Å². The molecule has 0 amide bonds. The second kappa shape index (κ2) is 5.38. The van der Waals surface area contributed by atoms with Crippen molar-refractivity contribution in [2.45, 2.75) is 5.88 Å². The number of nitrogens with zero attached hydrogens (tertiary/aromatic N) is 1. The van der Waals surface area contributed by atoms with Crippen molar-refractivity contribution in [2.75, 3.05) is 14.2 Å². The molecule has 0 atom stereocenters. The molecule has 0 saturated carbocycles. The summed E-state index contributed by atoms with van der Waals surface area (Å²) in [6, 6.07) is 5.00. The van der Waals surface area contributed by atoms with Gasteiger partial charge in [0.1, 0.15) is 5.75 Å². The van der Waals surface area contributed by atoms with Crippen LogP contribution in [0.3, 0.4) is 0 Å². The largest absolute Gasteiger partial charge is 0.497 e. The Morgan fingerprint density at radius 3 is 2.62 bits per heavy atom. The molecule has 0 aromatic heterocycles. The zero-order valence-electron chi connectivity index (χ0n) is 8.91. The lowest BCUT2D eigenvalue weighted by molar-refractivity contribution is 0.0599. The number of alkyl halides is 1. The van der Waals surface area contributed by atoms with Gasteiger partial charge in [-0.15, -0.1) is 11.6 Å². The maximum Gasteiger partial charge on any atom is 0.338 e. The summed E-state index contributed by atoms with van der Waals surface area (Å²) in [5, 5.41) is 8.93. The first kappa shape index (κ1) is 12.3. The Labute approximate surface area is 98.3 Å².